The Morgan fingerprint density at radius 1 is 1.16 bits per heavy atom. The Labute approximate surface area is 118 Å². The minimum Gasteiger partial charge on any atom is -0.426 e. The van der Waals surface area contributed by atoms with E-state index in [4.69, 9.17) is 16.3 Å². The number of hydrogen-bond donors (Lipinski definition) is 0. The Morgan fingerprint density at radius 2 is 1.89 bits per heavy atom. The summed E-state index contributed by atoms with van der Waals surface area (Å²) in [7, 11) is 0. The van der Waals surface area contributed by atoms with Crippen LogP contribution in [0, 0.1) is 6.92 Å². The standard InChI is InChI=1S/C16H15ClO2/c1-12-5-7-13(8-6-12)9-10-16(18)19-15-4-2-3-14(17)11-15/h2-8,11H,9-10H2,1H3. The molecule has 0 N–H and O–H groups in total. The largest absolute Gasteiger partial charge is 0.426 e. The van der Waals surface area contributed by atoms with Crippen LogP contribution in [0.1, 0.15) is 17.5 Å². The molecule has 0 fully saturated rings. The summed E-state index contributed by atoms with van der Waals surface area (Å²) in [5.41, 5.74) is 2.35. The predicted octanol–water partition coefficient (Wildman–Crippen LogP) is 4.19. The van der Waals surface area contributed by atoms with Crippen LogP contribution in [-0.4, -0.2) is 5.97 Å². The van der Waals surface area contributed by atoms with E-state index in [0.29, 0.717) is 23.6 Å². The lowest BCUT2D eigenvalue weighted by Gasteiger charge is -2.05. The SMILES string of the molecule is Cc1ccc(CCC(=O)Oc2cccc(Cl)c2)cc1. The van der Waals surface area contributed by atoms with Gasteiger partial charge in [-0.1, -0.05) is 47.5 Å². The lowest BCUT2D eigenvalue weighted by atomic mass is 10.1. The van der Waals surface area contributed by atoms with Crippen molar-refractivity contribution in [3.05, 3.63) is 64.7 Å². The van der Waals surface area contributed by atoms with E-state index in [1.165, 1.54) is 5.56 Å². The first kappa shape index (κ1) is 13.6. The molecular formula is C16H15ClO2. The van der Waals surface area contributed by atoms with E-state index in [0.717, 1.165) is 5.56 Å². The van der Waals surface area contributed by atoms with Crippen LogP contribution in [0.5, 0.6) is 5.75 Å². The average Bonchev–Trinajstić information content (AvgIpc) is 2.38. The Hall–Kier alpha value is -1.80. The summed E-state index contributed by atoms with van der Waals surface area (Å²) in [6.07, 6.45) is 1.04. The molecule has 2 nitrogen and oxygen atoms in total. The normalized spacial score (nSPS) is 10.2. The minimum atomic E-state index is -0.247. The highest BCUT2D eigenvalue weighted by molar-refractivity contribution is 6.30. The van der Waals surface area contributed by atoms with Crippen LogP contribution in [0.2, 0.25) is 5.02 Å². The average molecular weight is 275 g/mol. The van der Waals surface area contributed by atoms with Crippen molar-refractivity contribution in [2.75, 3.05) is 0 Å². The molecule has 19 heavy (non-hydrogen) atoms. The van der Waals surface area contributed by atoms with E-state index in [-0.39, 0.29) is 5.97 Å². The number of esters is 1. The maximum absolute atomic E-state index is 11.7. The molecular weight excluding hydrogens is 260 g/mol. The summed E-state index contributed by atoms with van der Waals surface area (Å²) in [5.74, 6) is 0.240. The molecule has 2 aromatic rings. The maximum atomic E-state index is 11.7. The quantitative estimate of drug-likeness (QED) is 0.617. The van der Waals surface area contributed by atoms with Crippen LogP contribution in [0.15, 0.2) is 48.5 Å². The zero-order valence-corrected chi connectivity index (χ0v) is 11.5. The van der Waals surface area contributed by atoms with Crippen LogP contribution in [0.4, 0.5) is 0 Å². The number of aryl methyl sites for hydroxylation is 2. The van der Waals surface area contributed by atoms with E-state index in [1.54, 1.807) is 24.3 Å². The predicted molar refractivity (Wildman–Crippen MR) is 76.6 cm³/mol. The summed E-state index contributed by atoms with van der Waals surface area (Å²) in [6.45, 7) is 2.04. The number of carbonyl (C=O) groups excluding carboxylic acids is 1. The molecule has 98 valence electrons. The van der Waals surface area contributed by atoms with Crippen LogP contribution in [0.3, 0.4) is 0 Å². The molecule has 0 atom stereocenters. The Kier molecular flexibility index (Phi) is 4.58. The van der Waals surface area contributed by atoms with Gasteiger partial charge in [-0.05, 0) is 37.1 Å². The first-order chi connectivity index (χ1) is 9.13. The van der Waals surface area contributed by atoms with E-state index in [2.05, 4.69) is 0 Å². The van der Waals surface area contributed by atoms with Crippen LogP contribution in [0.25, 0.3) is 0 Å². The molecule has 0 amide bonds. The van der Waals surface area contributed by atoms with Crippen LogP contribution >= 0.6 is 11.6 Å². The fourth-order valence-electron chi connectivity index (χ4n) is 1.71. The molecule has 0 saturated heterocycles. The molecule has 2 rings (SSSR count). The minimum absolute atomic E-state index is 0.247. The third-order valence-corrected chi connectivity index (χ3v) is 3.00. The summed E-state index contributed by atoms with van der Waals surface area (Å²) >= 11 is 5.82. The molecule has 2 aromatic carbocycles. The maximum Gasteiger partial charge on any atom is 0.311 e. The van der Waals surface area contributed by atoms with Gasteiger partial charge in [0.2, 0.25) is 0 Å². The summed E-state index contributed by atoms with van der Waals surface area (Å²) in [4.78, 5) is 11.7. The fraction of sp³-hybridized carbons (Fsp3) is 0.188. The van der Waals surface area contributed by atoms with Gasteiger partial charge in [0, 0.05) is 11.4 Å². The summed E-state index contributed by atoms with van der Waals surface area (Å²) < 4.78 is 5.22. The molecule has 0 radical (unpaired) electrons. The molecule has 0 aliphatic carbocycles. The second kappa shape index (κ2) is 6.39. The molecule has 0 spiro atoms. The number of halogens is 1. The smallest absolute Gasteiger partial charge is 0.311 e. The van der Waals surface area contributed by atoms with Crippen molar-refractivity contribution in [3.63, 3.8) is 0 Å². The Bertz CT molecular complexity index is 561. The van der Waals surface area contributed by atoms with Gasteiger partial charge in [0.25, 0.3) is 0 Å². The first-order valence-corrected chi connectivity index (χ1v) is 6.53. The zero-order chi connectivity index (χ0) is 13.7. The second-order valence-electron chi connectivity index (χ2n) is 4.42. The highest BCUT2D eigenvalue weighted by Gasteiger charge is 2.05. The van der Waals surface area contributed by atoms with Gasteiger partial charge in [-0.3, -0.25) is 4.79 Å². The van der Waals surface area contributed by atoms with Gasteiger partial charge < -0.3 is 4.74 Å². The molecule has 0 aliphatic heterocycles. The summed E-state index contributed by atoms with van der Waals surface area (Å²) in [5, 5.41) is 0.559. The molecule has 0 saturated carbocycles. The number of hydrogen-bond acceptors (Lipinski definition) is 2. The number of carbonyl (C=O) groups is 1. The van der Waals surface area contributed by atoms with Crippen molar-refractivity contribution in [3.8, 4) is 5.75 Å². The van der Waals surface area contributed by atoms with Gasteiger partial charge >= 0.3 is 5.97 Å². The highest BCUT2D eigenvalue weighted by Crippen LogP contribution is 2.17. The van der Waals surface area contributed by atoms with Crippen molar-refractivity contribution in [2.45, 2.75) is 19.8 Å². The van der Waals surface area contributed by atoms with Gasteiger partial charge in [0.1, 0.15) is 5.75 Å². The van der Waals surface area contributed by atoms with Gasteiger partial charge in [0.15, 0.2) is 0 Å². The third-order valence-electron chi connectivity index (χ3n) is 2.77. The second-order valence-corrected chi connectivity index (χ2v) is 4.85. The molecule has 3 heteroatoms. The van der Waals surface area contributed by atoms with Crippen molar-refractivity contribution < 1.29 is 9.53 Å². The van der Waals surface area contributed by atoms with Crippen molar-refractivity contribution >= 4 is 17.6 Å². The van der Waals surface area contributed by atoms with Crippen molar-refractivity contribution in [1.82, 2.24) is 0 Å². The number of benzene rings is 2. The first-order valence-electron chi connectivity index (χ1n) is 6.15. The van der Waals surface area contributed by atoms with Crippen molar-refractivity contribution in [2.24, 2.45) is 0 Å². The van der Waals surface area contributed by atoms with E-state index < -0.39 is 0 Å². The van der Waals surface area contributed by atoms with Crippen molar-refractivity contribution in [1.29, 1.82) is 0 Å². The molecule has 0 heterocycles. The zero-order valence-electron chi connectivity index (χ0n) is 10.7. The van der Waals surface area contributed by atoms with E-state index in [1.807, 2.05) is 31.2 Å². The van der Waals surface area contributed by atoms with E-state index >= 15 is 0 Å². The van der Waals surface area contributed by atoms with Gasteiger partial charge in [0.05, 0.1) is 0 Å². The van der Waals surface area contributed by atoms with Gasteiger partial charge in [-0.2, -0.15) is 0 Å². The summed E-state index contributed by atoms with van der Waals surface area (Å²) in [6, 6.07) is 15.0. The molecule has 0 aliphatic rings. The topological polar surface area (TPSA) is 26.3 Å². The molecule has 0 bridgehead atoms. The number of ether oxygens (including phenoxy) is 1. The van der Waals surface area contributed by atoms with Gasteiger partial charge in [-0.15, -0.1) is 0 Å². The fourth-order valence-corrected chi connectivity index (χ4v) is 1.89. The van der Waals surface area contributed by atoms with Crippen LogP contribution in [-0.2, 0) is 11.2 Å². The van der Waals surface area contributed by atoms with Crippen LogP contribution < -0.4 is 4.74 Å². The monoisotopic (exact) mass is 274 g/mol. The van der Waals surface area contributed by atoms with Gasteiger partial charge in [-0.25, -0.2) is 0 Å². The molecule has 0 unspecified atom stereocenters. The lowest BCUT2D eigenvalue weighted by molar-refractivity contribution is -0.134. The highest BCUT2D eigenvalue weighted by atomic mass is 35.5. The molecule has 0 aromatic heterocycles. The Morgan fingerprint density at radius 3 is 2.58 bits per heavy atom. The van der Waals surface area contributed by atoms with E-state index in [9.17, 15) is 4.79 Å². The lowest BCUT2D eigenvalue weighted by Crippen LogP contribution is -2.08. The third kappa shape index (κ3) is 4.42. The number of rotatable bonds is 4. The Balaban J connectivity index is 1.86.